The molecule has 0 spiro atoms. The highest BCUT2D eigenvalue weighted by molar-refractivity contribution is 6.01. The Kier molecular flexibility index (Phi) is 6.81. The molecule has 0 unspecified atom stereocenters. The van der Waals surface area contributed by atoms with Gasteiger partial charge in [-0.3, -0.25) is 4.79 Å². The Hall–Kier alpha value is -4.28. The Morgan fingerprint density at radius 2 is 1.82 bits per heavy atom. The Labute approximate surface area is 195 Å². The lowest BCUT2D eigenvalue weighted by Crippen LogP contribution is -2.19. The van der Waals surface area contributed by atoms with E-state index in [1.807, 2.05) is 18.2 Å². The van der Waals surface area contributed by atoms with Crippen molar-refractivity contribution >= 4 is 34.5 Å². The quantitative estimate of drug-likeness (QED) is 0.201. The van der Waals surface area contributed by atoms with E-state index in [9.17, 15) is 9.59 Å². The van der Waals surface area contributed by atoms with Crippen LogP contribution in [-0.4, -0.2) is 44.7 Å². The number of urea groups is 1. The summed E-state index contributed by atoms with van der Waals surface area (Å²) < 4.78 is 1.73. The maximum atomic E-state index is 12.4. The first-order valence-electron chi connectivity index (χ1n) is 10.7. The third-order valence-corrected chi connectivity index (χ3v) is 5.23. The smallest absolute Gasteiger partial charge is 0.323 e. The monoisotopic (exact) mass is 459 g/mol. The molecule has 2 aromatic carbocycles. The molecule has 0 saturated carbocycles. The summed E-state index contributed by atoms with van der Waals surface area (Å²) in [5, 5.41) is 22.0. The van der Waals surface area contributed by atoms with E-state index in [-0.39, 0.29) is 12.4 Å². The zero-order valence-electron chi connectivity index (χ0n) is 18.6. The number of nitrogens with one attached hydrogen (secondary N) is 3. The average molecular weight is 460 g/mol. The molecule has 0 radical (unpaired) electrons. The molecule has 0 saturated heterocycles. The van der Waals surface area contributed by atoms with Crippen LogP contribution in [0.3, 0.4) is 0 Å². The molecular formula is C24H25N7O3. The van der Waals surface area contributed by atoms with Crippen molar-refractivity contribution in [3.63, 3.8) is 0 Å². The van der Waals surface area contributed by atoms with Crippen LogP contribution in [0.5, 0.6) is 0 Å². The zero-order chi connectivity index (χ0) is 24.1. The fourth-order valence-electron chi connectivity index (χ4n) is 3.62. The van der Waals surface area contributed by atoms with Crippen molar-refractivity contribution in [3.05, 3.63) is 72.2 Å². The number of nitrogen functional groups attached to an aromatic ring is 1. The Bertz CT molecular complexity index is 1330. The van der Waals surface area contributed by atoms with Gasteiger partial charge >= 0.3 is 6.03 Å². The van der Waals surface area contributed by atoms with Crippen LogP contribution < -0.4 is 21.7 Å². The Morgan fingerprint density at radius 1 is 1.06 bits per heavy atom. The van der Waals surface area contributed by atoms with Gasteiger partial charge in [0.25, 0.3) is 0 Å². The summed E-state index contributed by atoms with van der Waals surface area (Å²) in [5.41, 5.74) is 11.1. The number of aromatic nitrogens is 3. The number of rotatable bonds is 8. The number of carbonyl (C=O) groups is 2. The number of aliphatic hydroxyl groups excluding tert-OH is 1. The number of aliphatic hydroxyl groups is 1. The lowest BCUT2D eigenvalue weighted by molar-refractivity contribution is 0.101. The van der Waals surface area contributed by atoms with Gasteiger partial charge in [0.2, 0.25) is 0 Å². The van der Waals surface area contributed by atoms with Crippen molar-refractivity contribution in [1.82, 2.24) is 19.9 Å². The molecule has 4 aromatic rings. The number of Topliss-reactive ketones (excluding diaryl/α,β-unsaturated/α-hetero) is 1. The van der Waals surface area contributed by atoms with Gasteiger partial charge in [-0.15, -0.1) is 0 Å². The second-order valence-electron chi connectivity index (χ2n) is 7.65. The highest BCUT2D eigenvalue weighted by Gasteiger charge is 2.15. The summed E-state index contributed by atoms with van der Waals surface area (Å²) in [7, 11) is 0. The molecule has 10 heteroatoms. The number of carbonyl (C=O) groups excluding carboxylic acids is 2. The van der Waals surface area contributed by atoms with Crippen LogP contribution in [-0.2, 0) is 6.54 Å². The SMILES string of the molecule is CC(=O)c1cccc(NC(=O)Nc2ccc(-c3cc(CNCCO)n4ncnc(N)c34)cc2)c1. The topological polar surface area (TPSA) is 147 Å². The second-order valence-corrected chi connectivity index (χ2v) is 7.65. The first kappa shape index (κ1) is 22.9. The van der Waals surface area contributed by atoms with Gasteiger partial charge in [-0.25, -0.2) is 14.3 Å². The number of fused-ring (bicyclic) bond motifs is 1. The van der Waals surface area contributed by atoms with Crippen LogP contribution in [0.4, 0.5) is 22.0 Å². The van der Waals surface area contributed by atoms with Gasteiger partial charge in [0.05, 0.1) is 12.3 Å². The van der Waals surface area contributed by atoms with Crippen molar-refractivity contribution in [2.45, 2.75) is 13.5 Å². The van der Waals surface area contributed by atoms with Gasteiger partial charge < -0.3 is 26.8 Å². The molecule has 2 heterocycles. The number of nitrogens with two attached hydrogens (primary N) is 1. The van der Waals surface area contributed by atoms with E-state index in [2.05, 4.69) is 26.0 Å². The van der Waals surface area contributed by atoms with Crippen LogP contribution in [0.1, 0.15) is 23.0 Å². The Morgan fingerprint density at radius 3 is 2.56 bits per heavy atom. The van der Waals surface area contributed by atoms with Crippen LogP contribution >= 0.6 is 0 Å². The van der Waals surface area contributed by atoms with E-state index in [0.717, 1.165) is 16.8 Å². The average Bonchev–Trinajstić information content (AvgIpc) is 3.20. The standard InChI is InChI=1S/C24H25N7O3/c1-15(33)17-3-2-4-19(11-17)30-24(34)29-18-7-5-16(6-8-18)21-12-20(13-26-9-10-32)31-22(21)23(25)27-14-28-31/h2-8,11-12,14,26,32H,9-10,13H2,1H3,(H2,25,27,28)(H2,29,30,34). The van der Waals surface area contributed by atoms with Crippen LogP contribution in [0.2, 0.25) is 0 Å². The first-order valence-corrected chi connectivity index (χ1v) is 10.7. The van der Waals surface area contributed by atoms with Crippen LogP contribution in [0.25, 0.3) is 16.6 Å². The molecule has 0 aliphatic carbocycles. The van der Waals surface area contributed by atoms with Crippen LogP contribution in [0, 0.1) is 0 Å². The van der Waals surface area contributed by atoms with Gasteiger partial charge in [0.15, 0.2) is 11.6 Å². The van der Waals surface area contributed by atoms with Gasteiger partial charge in [-0.1, -0.05) is 24.3 Å². The molecule has 4 rings (SSSR count). The number of anilines is 3. The maximum absolute atomic E-state index is 12.4. The van der Waals surface area contributed by atoms with E-state index in [1.54, 1.807) is 40.9 Å². The van der Waals surface area contributed by atoms with Crippen molar-refractivity contribution < 1.29 is 14.7 Å². The molecule has 34 heavy (non-hydrogen) atoms. The number of hydrogen-bond donors (Lipinski definition) is 5. The molecular weight excluding hydrogens is 434 g/mol. The van der Waals surface area contributed by atoms with E-state index >= 15 is 0 Å². The van der Waals surface area contributed by atoms with Crippen molar-refractivity contribution in [2.75, 3.05) is 29.5 Å². The first-order chi connectivity index (χ1) is 16.5. The largest absolute Gasteiger partial charge is 0.395 e. The summed E-state index contributed by atoms with van der Waals surface area (Å²) in [6.45, 7) is 2.48. The maximum Gasteiger partial charge on any atom is 0.323 e. The van der Waals surface area contributed by atoms with E-state index in [0.29, 0.717) is 41.4 Å². The number of hydrogen-bond acceptors (Lipinski definition) is 7. The molecule has 2 aromatic heterocycles. The molecule has 0 aliphatic heterocycles. The summed E-state index contributed by atoms with van der Waals surface area (Å²) in [5.74, 6) is 0.281. The highest BCUT2D eigenvalue weighted by Crippen LogP contribution is 2.31. The summed E-state index contributed by atoms with van der Waals surface area (Å²) in [4.78, 5) is 28.0. The molecule has 174 valence electrons. The summed E-state index contributed by atoms with van der Waals surface area (Å²) >= 11 is 0. The van der Waals surface area contributed by atoms with Crippen molar-refractivity contribution in [1.29, 1.82) is 0 Å². The van der Waals surface area contributed by atoms with Gasteiger partial charge in [-0.05, 0) is 42.8 Å². The predicted molar refractivity (Wildman–Crippen MR) is 131 cm³/mol. The minimum Gasteiger partial charge on any atom is -0.395 e. The van der Waals surface area contributed by atoms with Gasteiger partial charge in [-0.2, -0.15) is 5.10 Å². The van der Waals surface area contributed by atoms with E-state index in [1.165, 1.54) is 13.3 Å². The number of ketones is 1. The minimum absolute atomic E-state index is 0.0392. The molecule has 0 atom stereocenters. The van der Waals surface area contributed by atoms with Crippen molar-refractivity contribution in [2.24, 2.45) is 0 Å². The third kappa shape index (κ3) is 5.03. The van der Waals surface area contributed by atoms with E-state index in [4.69, 9.17) is 10.8 Å². The van der Waals surface area contributed by atoms with Crippen molar-refractivity contribution in [3.8, 4) is 11.1 Å². The number of benzene rings is 2. The fourth-order valence-corrected chi connectivity index (χ4v) is 3.62. The predicted octanol–water partition coefficient (Wildman–Crippen LogP) is 2.91. The molecule has 0 fully saturated rings. The van der Waals surface area contributed by atoms with E-state index < -0.39 is 6.03 Å². The molecule has 0 aliphatic rings. The molecule has 10 nitrogen and oxygen atoms in total. The lowest BCUT2D eigenvalue weighted by atomic mass is 10.1. The van der Waals surface area contributed by atoms with Gasteiger partial charge in [0, 0.05) is 35.6 Å². The van der Waals surface area contributed by atoms with Gasteiger partial charge in [0.1, 0.15) is 11.8 Å². The third-order valence-electron chi connectivity index (χ3n) is 5.23. The molecule has 0 bridgehead atoms. The molecule has 6 N–H and O–H groups in total. The Balaban J connectivity index is 1.52. The minimum atomic E-state index is -0.419. The highest BCUT2D eigenvalue weighted by atomic mass is 16.3. The second kappa shape index (κ2) is 10.1. The number of nitrogens with zero attached hydrogens (tertiary/aromatic N) is 3. The molecule has 2 amide bonds. The number of amides is 2. The normalized spacial score (nSPS) is 10.9. The lowest BCUT2D eigenvalue weighted by Gasteiger charge is -2.09. The zero-order valence-corrected chi connectivity index (χ0v) is 18.6. The summed E-state index contributed by atoms with van der Waals surface area (Å²) in [6, 6.07) is 15.6. The van der Waals surface area contributed by atoms with Crippen LogP contribution in [0.15, 0.2) is 60.9 Å². The fraction of sp³-hybridized carbons (Fsp3) is 0.167. The summed E-state index contributed by atoms with van der Waals surface area (Å²) in [6.07, 6.45) is 1.40.